The Bertz CT molecular complexity index is 3520. The Morgan fingerprint density at radius 3 is 2.08 bits per heavy atom. The van der Waals surface area contributed by atoms with Crippen molar-refractivity contribution in [3.05, 3.63) is 185 Å². The second kappa shape index (κ2) is 30.3. The number of rotatable bonds is 7. The molecule has 3 aliphatic rings. The number of aromatic carboxylic acids is 1. The Kier molecular flexibility index (Phi) is 24.1. The Labute approximate surface area is 487 Å². The highest BCUT2D eigenvalue weighted by atomic mass is 79.9. The molecule has 0 radical (unpaired) electrons. The molecule has 1 unspecified atom stereocenters. The maximum absolute atomic E-state index is 11.1. The average Bonchev–Trinajstić information content (AvgIpc) is 4.27. The van der Waals surface area contributed by atoms with Gasteiger partial charge in [0.2, 0.25) is 10.6 Å². The summed E-state index contributed by atoms with van der Waals surface area (Å²) in [4.78, 5) is 50.0. The van der Waals surface area contributed by atoms with Crippen LogP contribution in [-0.4, -0.2) is 73.5 Å². The summed E-state index contributed by atoms with van der Waals surface area (Å²) in [7, 11) is 0. The maximum Gasteiger partial charge on any atom is 0.345 e. The number of Topliss-reactive ketones (excluding diaryl/α,β-unsaturated/α-hetero) is 1. The van der Waals surface area contributed by atoms with Gasteiger partial charge in [0, 0.05) is 86.0 Å². The van der Waals surface area contributed by atoms with E-state index >= 15 is 0 Å². The highest BCUT2D eigenvalue weighted by molar-refractivity contribution is 9.10. The van der Waals surface area contributed by atoms with E-state index in [1.165, 1.54) is 28.7 Å². The summed E-state index contributed by atoms with van der Waals surface area (Å²) < 4.78 is 8.91. The van der Waals surface area contributed by atoms with Crippen LogP contribution in [0.1, 0.15) is 77.5 Å². The molecule has 1 atom stereocenters. The zero-order valence-electron chi connectivity index (χ0n) is 40.8. The lowest BCUT2D eigenvalue weighted by Gasteiger charge is -2.08. The molecule has 0 amide bonds. The summed E-state index contributed by atoms with van der Waals surface area (Å²) in [6, 6.07) is 31.5. The van der Waals surface area contributed by atoms with Crippen LogP contribution in [0.5, 0.6) is 0 Å². The maximum atomic E-state index is 11.1. The topological polar surface area (TPSA) is 258 Å². The second-order valence-corrected chi connectivity index (χ2v) is 21.1. The number of carbonyl (C=O) groups excluding carboxylic acids is 1. The third kappa shape index (κ3) is 18.1. The number of carboxylic acid groups (broad SMARTS) is 1. The Morgan fingerprint density at radius 2 is 1.50 bits per heavy atom. The van der Waals surface area contributed by atoms with Crippen molar-refractivity contribution in [2.75, 3.05) is 23.8 Å². The fourth-order valence-corrected chi connectivity index (χ4v) is 10.1. The highest BCUT2D eigenvalue weighted by Gasteiger charge is 2.13. The smallest absolute Gasteiger partial charge is 0.345 e. The number of hydrogen-bond acceptors (Lipinski definition) is 16. The highest BCUT2D eigenvalue weighted by Crippen LogP contribution is 2.31. The molecule has 16 nitrogen and oxygen atoms in total. The van der Waals surface area contributed by atoms with Crippen molar-refractivity contribution in [1.29, 1.82) is 0 Å². The summed E-state index contributed by atoms with van der Waals surface area (Å²) in [6.45, 7) is 6.61. The van der Waals surface area contributed by atoms with Crippen molar-refractivity contribution in [1.82, 2.24) is 24.9 Å². The van der Waals surface area contributed by atoms with Crippen LogP contribution in [0.15, 0.2) is 152 Å². The van der Waals surface area contributed by atoms with Gasteiger partial charge < -0.3 is 42.7 Å². The molecule has 1 fully saturated rings. The van der Waals surface area contributed by atoms with Crippen LogP contribution >= 0.6 is 77.7 Å². The molecule has 0 spiro atoms. The number of halogens is 4. The first-order chi connectivity index (χ1) is 36.6. The lowest BCUT2D eigenvalue weighted by Crippen LogP contribution is -2.18. The van der Waals surface area contributed by atoms with Crippen molar-refractivity contribution >= 4 is 156 Å². The molecule has 406 valence electrons. The minimum atomic E-state index is -0.864. The molecule has 12 rings (SSSR count). The SMILES string of the molecule is C.C.C/C=C\C(N)=C/N.CC(=O)c1cc2ccc(Br)cc2[nH]1.Clc1nc(Nc2ccc3c(c2)C=NC3)c2sccc2n1.Clc1nccc(Nc2ccc3c(c2)C=NC3)n1.NC1CCOC1.O=C(O)c1cc2ccc(Br)cc2s1. The van der Waals surface area contributed by atoms with E-state index in [-0.39, 0.29) is 31.2 Å². The van der Waals surface area contributed by atoms with Crippen LogP contribution in [0.25, 0.3) is 31.2 Å². The molecule has 4 aromatic carbocycles. The lowest BCUT2D eigenvalue weighted by molar-refractivity contribution is 0.0702. The molecule has 78 heavy (non-hydrogen) atoms. The third-order valence-corrected chi connectivity index (χ3v) is 14.2. The van der Waals surface area contributed by atoms with Gasteiger partial charge in [-0.15, -0.1) is 22.7 Å². The van der Waals surface area contributed by atoms with Gasteiger partial charge in [-0.2, -0.15) is 4.98 Å². The number of carbonyl (C=O) groups is 2. The van der Waals surface area contributed by atoms with Crippen LogP contribution in [0, 0.1) is 0 Å². The average molecular weight is 1260 g/mol. The summed E-state index contributed by atoms with van der Waals surface area (Å²) >= 11 is 21.3. The molecule has 1 saturated heterocycles. The summed E-state index contributed by atoms with van der Waals surface area (Å²) in [5.41, 5.74) is 25.5. The monoisotopic (exact) mass is 1250 g/mol. The van der Waals surface area contributed by atoms with Gasteiger partial charge in [-0.05, 0) is 148 Å². The number of benzene rings is 4. The predicted molar refractivity (Wildman–Crippen MR) is 332 cm³/mol. The Morgan fingerprint density at radius 1 is 0.833 bits per heavy atom. The number of carboxylic acids is 1. The van der Waals surface area contributed by atoms with E-state index in [9.17, 15) is 9.59 Å². The van der Waals surface area contributed by atoms with Gasteiger partial charge in [0.15, 0.2) is 11.6 Å². The lowest BCUT2D eigenvalue weighted by atomic mass is 10.1. The number of hydrogen-bond donors (Lipinski definition) is 7. The van der Waals surface area contributed by atoms with Crippen LogP contribution in [0.4, 0.5) is 23.0 Å². The van der Waals surface area contributed by atoms with E-state index in [1.807, 2.05) is 97.5 Å². The van der Waals surface area contributed by atoms with Crippen LogP contribution in [0.3, 0.4) is 0 Å². The molecule has 0 bridgehead atoms. The minimum absolute atomic E-state index is 0. The van der Waals surface area contributed by atoms with E-state index in [0.717, 1.165) is 101 Å². The van der Waals surface area contributed by atoms with Gasteiger partial charge in [-0.1, -0.05) is 77.1 Å². The number of nitrogens with zero attached hydrogens (tertiary/aromatic N) is 6. The first-order valence-electron chi connectivity index (χ1n) is 23.2. The standard InChI is InChI=1S/C14H9ClN4S.C12H9ClN4.C10H8BrNO.C9H5BrO2S.C5H10N2.C4H9NO.2CH4/c15-14-18-11-3-4-20-12(11)13(19-14)17-10-2-1-8-6-16-7-9(8)5-10;13-12-15-4-3-11(17-12)16-10-2-1-8-6-14-7-9(8)5-10;1-6(13)9-4-7-2-3-8(11)5-10(7)12-9;10-6-2-1-5-3-8(9(11)12)13-7(5)4-6;1-2-3-5(7)4-6;5-4-1-2-6-3-4;;/h1-5,7H,6H2,(H,17,18,19);1-5,7H,6H2,(H,15,16,17);2-5,12H,1H3;1-4H,(H,11,12);2-4H,6-7H2,1H3;4H,1-3,5H2;2*1H4/b;;;;3-2-,5-4+;;;. The van der Waals surface area contributed by atoms with E-state index < -0.39 is 5.97 Å². The Balaban J connectivity index is 0.000000179. The number of ether oxygens (including phenoxy) is 1. The van der Waals surface area contributed by atoms with Gasteiger partial charge in [0.05, 0.1) is 35.6 Å². The summed E-state index contributed by atoms with van der Waals surface area (Å²) in [6.07, 6.45) is 11.4. The number of aromatic nitrogens is 5. The summed E-state index contributed by atoms with van der Waals surface area (Å²) in [5, 5.41) is 19.8. The van der Waals surface area contributed by atoms with Crippen molar-refractivity contribution in [2.45, 2.75) is 54.3 Å². The number of fused-ring (bicyclic) bond motifs is 5. The number of aromatic amines is 1. The predicted octanol–water partition coefficient (Wildman–Crippen LogP) is 14.6. The summed E-state index contributed by atoms with van der Waals surface area (Å²) in [5.74, 6) is 0.620. The van der Waals surface area contributed by atoms with Gasteiger partial charge >= 0.3 is 5.97 Å². The number of aliphatic imine (C=N–C) groups is 2. The number of H-pyrrole nitrogens is 1. The normalized spacial score (nSPS) is 13.4. The van der Waals surface area contributed by atoms with Gasteiger partial charge in [-0.3, -0.25) is 14.8 Å². The zero-order valence-corrected chi connectivity index (χ0v) is 47.1. The van der Waals surface area contributed by atoms with Crippen molar-refractivity contribution < 1.29 is 19.4 Å². The number of thiophene rings is 2. The molecule has 8 heterocycles. The van der Waals surface area contributed by atoms with Crippen LogP contribution < -0.4 is 27.8 Å². The minimum Gasteiger partial charge on any atom is -0.477 e. The van der Waals surface area contributed by atoms with Crippen molar-refractivity contribution in [3.63, 3.8) is 0 Å². The number of ketones is 1. The van der Waals surface area contributed by atoms with E-state index in [4.69, 9.17) is 50.2 Å². The molecule has 9 aromatic rings. The first-order valence-corrected chi connectivity index (χ1v) is 27.2. The van der Waals surface area contributed by atoms with Gasteiger partial charge in [0.25, 0.3) is 0 Å². The van der Waals surface area contributed by atoms with Gasteiger partial charge in [-0.25, -0.2) is 19.7 Å². The van der Waals surface area contributed by atoms with Crippen molar-refractivity contribution in [3.8, 4) is 0 Å². The number of anilines is 4. The van der Waals surface area contributed by atoms with E-state index in [2.05, 4.69) is 95.6 Å². The molecule has 3 aliphatic heterocycles. The van der Waals surface area contributed by atoms with Gasteiger partial charge in [0.1, 0.15) is 10.7 Å². The first kappa shape index (κ1) is 62.0. The largest absolute Gasteiger partial charge is 0.477 e. The molecular formula is C56H58Br2Cl2N12O4S2. The molecule has 0 saturated carbocycles. The van der Waals surface area contributed by atoms with Crippen LogP contribution in [-0.2, 0) is 17.8 Å². The number of nitrogens with one attached hydrogen (secondary N) is 3. The van der Waals surface area contributed by atoms with E-state index in [1.54, 1.807) is 42.7 Å². The van der Waals surface area contributed by atoms with E-state index in [0.29, 0.717) is 28.1 Å². The second-order valence-electron chi connectivity index (χ2n) is 16.6. The fraction of sp³-hybridized carbons (Fsp3) is 0.179. The fourth-order valence-electron chi connectivity index (χ4n) is 7.17. The molecule has 0 aliphatic carbocycles. The number of allylic oxidation sites excluding steroid dienone is 2. The third-order valence-electron chi connectivity index (χ3n) is 10.9. The molecule has 22 heteroatoms. The molecular weight excluding hydrogens is 1200 g/mol. The quantitative estimate of drug-likeness (QED) is 0.0446. The molecule has 10 N–H and O–H groups in total. The Hall–Kier alpha value is -6.88. The molecule has 5 aromatic heterocycles. The van der Waals surface area contributed by atoms with Crippen LogP contribution in [0.2, 0.25) is 10.6 Å². The zero-order chi connectivity index (χ0) is 54.1. The number of nitrogens with two attached hydrogens (primary N) is 3. The van der Waals surface area contributed by atoms with Crippen molar-refractivity contribution in [2.24, 2.45) is 27.2 Å².